The van der Waals surface area contributed by atoms with Gasteiger partial charge in [-0.3, -0.25) is 14.4 Å². The Bertz CT molecular complexity index is 798. The lowest BCUT2D eigenvalue weighted by atomic mass is 9.99. The van der Waals surface area contributed by atoms with E-state index < -0.39 is 6.10 Å². The van der Waals surface area contributed by atoms with Crippen molar-refractivity contribution in [1.82, 2.24) is 0 Å². The molecule has 0 aromatic rings. The predicted octanol–water partition coefficient (Wildman–Crippen LogP) is 14.7. The molecule has 314 valence electrons. The summed E-state index contributed by atoms with van der Waals surface area (Å²) in [5.74, 6) is -0.00583. The summed E-state index contributed by atoms with van der Waals surface area (Å²) in [5, 5.41) is 0. The van der Waals surface area contributed by atoms with Crippen LogP contribution in [0.25, 0.3) is 0 Å². The molecule has 0 spiro atoms. The Morgan fingerprint density at radius 1 is 0.377 bits per heavy atom. The highest BCUT2D eigenvalue weighted by Crippen LogP contribution is 2.17. The summed E-state index contributed by atoms with van der Waals surface area (Å²) in [6, 6.07) is 0. The molecule has 1 unspecified atom stereocenters. The number of unbranched alkanes of at least 4 members (excludes halogenated alkanes) is 28. The summed E-state index contributed by atoms with van der Waals surface area (Å²) in [5.41, 5.74) is 0. The van der Waals surface area contributed by atoms with Gasteiger partial charge in [0, 0.05) is 19.3 Å². The van der Waals surface area contributed by atoms with Crippen LogP contribution in [0.15, 0.2) is 0 Å². The first kappa shape index (κ1) is 51.4. The average molecular weight is 751 g/mol. The third-order valence-corrected chi connectivity index (χ3v) is 10.9. The fraction of sp³-hybridized carbons (Fsp3) is 0.936. The smallest absolute Gasteiger partial charge is 0.306 e. The third kappa shape index (κ3) is 39.9. The summed E-state index contributed by atoms with van der Waals surface area (Å²) in [7, 11) is 0. The van der Waals surface area contributed by atoms with Gasteiger partial charge in [0.15, 0.2) is 6.10 Å². The highest BCUT2D eigenvalue weighted by molar-refractivity contribution is 5.71. The van der Waals surface area contributed by atoms with Gasteiger partial charge in [0.25, 0.3) is 0 Å². The van der Waals surface area contributed by atoms with Crippen LogP contribution in [0.2, 0.25) is 0 Å². The summed E-state index contributed by atoms with van der Waals surface area (Å²) >= 11 is 0. The molecule has 0 aliphatic heterocycles. The first-order valence-corrected chi connectivity index (χ1v) is 23.4. The zero-order chi connectivity index (χ0) is 38.9. The van der Waals surface area contributed by atoms with Crippen LogP contribution in [-0.4, -0.2) is 37.2 Å². The van der Waals surface area contributed by atoms with E-state index in [1.165, 1.54) is 154 Å². The third-order valence-electron chi connectivity index (χ3n) is 10.9. The van der Waals surface area contributed by atoms with Gasteiger partial charge in [-0.2, -0.15) is 0 Å². The fourth-order valence-corrected chi connectivity index (χ4v) is 6.95. The Hall–Kier alpha value is -1.59. The molecule has 0 amide bonds. The van der Waals surface area contributed by atoms with Gasteiger partial charge >= 0.3 is 17.9 Å². The van der Waals surface area contributed by atoms with Crippen LogP contribution >= 0.6 is 0 Å². The molecule has 0 aliphatic rings. The van der Waals surface area contributed by atoms with Gasteiger partial charge in [-0.25, -0.2) is 0 Å². The minimum absolute atomic E-state index is 0.0638. The number of carbonyl (C=O) groups excluding carboxylic acids is 3. The molecule has 0 saturated carbocycles. The molecular formula is C47H90O6. The van der Waals surface area contributed by atoms with Crippen LogP contribution < -0.4 is 0 Å². The van der Waals surface area contributed by atoms with Crippen LogP contribution in [-0.2, 0) is 28.6 Å². The van der Waals surface area contributed by atoms with Crippen LogP contribution in [0.3, 0.4) is 0 Å². The summed E-state index contributed by atoms with van der Waals surface area (Å²) in [6.45, 7) is 9.00. The maximum absolute atomic E-state index is 12.7. The van der Waals surface area contributed by atoms with Gasteiger partial charge < -0.3 is 14.2 Å². The highest BCUT2D eigenvalue weighted by Gasteiger charge is 2.19. The van der Waals surface area contributed by atoms with Crippen molar-refractivity contribution in [3.05, 3.63) is 0 Å². The quantitative estimate of drug-likeness (QED) is 0.0351. The van der Waals surface area contributed by atoms with E-state index in [0.717, 1.165) is 63.7 Å². The van der Waals surface area contributed by atoms with Crippen molar-refractivity contribution in [2.75, 3.05) is 13.2 Å². The van der Waals surface area contributed by atoms with Crippen molar-refractivity contribution in [3.8, 4) is 0 Å². The lowest BCUT2D eigenvalue weighted by Crippen LogP contribution is -2.30. The molecule has 0 fully saturated rings. The van der Waals surface area contributed by atoms with Crippen molar-refractivity contribution in [3.63, 3.8) is 0 Å². The number of ether oxygens (including phenoxy) is 3. The summed E-state index contributed by atoms with van der Waals surface area (Å²) in [6.07, 6.45) is 40.7. The molecule has 0 bridgehead atoms. The topological polar surface area (TPSA) is 78.9 Å². The Morgan fingerprint density at radius 3 is 0.981 bits per heavy atom. The number of rotatable bonds is 42. The minimum Gasteiger partial charge on any atom is -0.462 e. The molecule has 0 N–H and O–H groups in total. The second-order valence-corrected chi connectivity index (χ2v) is 16.3. The fourth-order valence-electron chi connectivity index (χ4n) is 6.95. The van der Waals surface area contributed by atoms with Gasteiger partial charge in [-0.1, -0.05) is 220 Å². The molecule has 0 aromatic heterocycles. The first-order chi connectivity index (χ1) is 25.9. The van der Waals surface area contributed by atoms with Crippen LogP contribution in [0.5, 0.6) is 0 Å². The zero-order valence-electron chi connectivity index (χ0n) is 36.0. The molecule has 0 saturated heterocycles. The zero-order valence-corrected chi connectivity index (χ0v) is 36.0. The number of hydrogen-bond donors (Lipinski definition) is 0. The lowest BCUT2D eigenvalue weighted by molar-refractivity contribution is -0.167. The number of carbonyl (C=O) groups is 3. The molecule has 53 heavy (non-hydrogen) atoms. The Balaban J connectivity index is 4.34. The van der Waals surface area contributed by atoms with Crippen LogP contribution in [0.1, 0.15) is 259 Å². The van der Waals surface area contributed by atoms with E-state index in [9.17, 15) is 14.4 Å². The van der Waals surface area contributed by atoms with Gasteiger partial charge in [0.2, 0.25) is 0 Å². The van der Waals surface area contributed by atoms with E-state index in [1.807, 2.05) is 0 Å². The van der Waals surface area contributed by atoms with Gasteiger partial charge in [-0.15, -0.1) is 0 Å². The van der Waals surface area contributed by atoms with E-state index in [-0.39, 0.29) is 31.1 Å². The summed E-state index contributed by atoms with van der Waals surface area (Å²) < 4.78 is 16.7. The second-order valence-electron chi connectivity index (χ2n) is 16.3. The maximum Gasteiger partial charge on any atom is 0.306 e. The van der Waals surface area contributed by atoms with Crippen molar-refractivity contribution < 1.29 is 28.6 Å². The highest BCUT2D eigenvalue weighted by atomic mass is 16.6. The predicted molar refractivity (Wildman–Crippen MR) is 224 cm³/mol. The Labute approximate surface area is 329 Å². The molecule has 6 heteroatoms. The van der Waals surface area contributed by atoms with Crippen LogP contribution in [0.4, 0.5) is 0 Å². The van der Waals surface area contributed by atoms with Crippen LogP contribution in [0, 0.1) is 5.92 Å². The molecule has 0 heterocycles. The Kier molecular flexibility index (Phi) is 40.3. The average Bonchev–Trinajstić information content (AvgIpc) is 3.15. The van der Waals surface area contributed by atoms with E-state index in [0.29, 0.717) is 19.3 Å². The largest absolute Gasteiger partial charge is 0.462 e. The van der Waals surface area contributed by atoms with E-state index in [2.05, 4.69) is 27.7 Å². The standard InChI is InChI=1S/C47H90O6/c1-5-8-10-12-14-16-18-20-21-26-30-34-38-45(48)51-41-44(53-47(50)40-36-32-28-22-19-17-15-13-11-9-6-2)42-52-46(49)39-35-31-27-24-23-25-29-33-37-43(4)7-3/h43-44H,5-42H2,1-4H3/t43?,44-/m1/s1. The maximum atomic E-state index is 12.7. The van der Waals surface area contributed by atoms with E-state index >= 15 is 0 Å². The second kappa shape index (κ2) is 41.6. The van der Waals surface area contributed by atoms with Gasteiger partial charge in [-0.05, 0) is 25.2 Å². The first-order valence-electron chi connectivity index (χ1n) is 23.4. The van der Waals surface area contributed by atoms with Gasteiger partial charge in [0.1, 0.15) is 13.2 Å². The van der Waals surface area contributed by atoms with Gasteiger partial charge in [0.05, 0.1) is 0 Å². The van der Waals surface area contributed by atoms with E-state index in [4.69, 9.17) is 14.2 Å². The molecule has 0 aliphatic carbocycles. The molecule has 2 atom stereocenters. The van der Waals surface area contributed by atoms with Crippen molar-refractivity contribution in [2.45, 2.75) is 265 Å². The molecular weight excluding hydrogens is 661 g/mol. The molecule has 0 rings (SSSR count). The lowest BCUT2D eigenvalue weighted by Gasteiger charge is -2.18. The monoisotopic (exact) mass is 751 g/mol. The molecule has 0 aromatic carbocycles. The molecule has 6 nitrogen and oxygen atoms in total. The minimum atomic E-state index is -0.759. The summed E-state index contributed by atoms with van der Waals surface area (Å²) in [4.78, 5) is 37.7. The number of hydrogen-bond acceptors (Lipinski definition) is 6. The number of esters is 3. The van der Waals surface area contributed by atoms with Crippen molar-refractivity contribution in [2.24, 2.45) is 5.92 Å². The van der Waals surface area contributed by atoms with Crippen molar-refractivity contribution in [1.29, 1.82) is 0 Å². The normalized spacial score (nSPS) is 12.5. The SMILES string of the molecule is CCCCCCCCCCCCCCC(=O)OC[C@H](COC(=O)CCCCCCCCCCC(C)CC)OC(=O)CCCCCCCCCCCCC. The van der Waals surface area contributed by atoms with Crippen molar-refractivity contribution >= 4 is 17.9 Å². The molecule has 0 radical (unpaired) electrons. The Morgan fingerprint density at radius 2 is 0.660 bits per heavy atom. The van der Waals surface area contributed by atoms with E-state index in [1.54, 1.807) is 0 Å².